The molecule has 0 aromatic carbocycles. The van der Waals surface area contributed by atoms with Gasteiger partial charge in [0, 0.05) is 0 Å². The van der Waals surface area contributed by atoms with Crippen LogP contribution in [0.4, 0.5) is 4.79 Å². The van der Waals surface area contributed by atoms with E-state index in [2.05, 4.69) is 0 Å². The summed E-state index contributed by atoms with van der Waals surface area (Å²) in [4.78, 5) is 8.33. The van der Waals surface area contributed by atoms with Crippen molar-refractivity contribution in [3.05, 3.63) is 0 Å². The summed E-state index contributed by atoms with van der Waals surface area (Å²) >= 11 is 0. The van der Waals surface area contributed by atoms with Crippen LogP contribution >= 0.6 is 0 Å². The molecule has 0 spiro atoms. The Labute approximate surface area is 192 Å². The predicted molar refractivity (Wildman–Crippen MR) is 7.33 cm³/mol. The largest absolute Gasteiger partial charge is 3.00 e. The van der Waals surface area contributed by atoms with Gasteiger partial charge >= 0.3 is 171 Å². The molecule has 4 nitrogen and oxygen atoms in total. The summed E-state index contributed by atoms with van der Waals surface area (Å²) in [6.07, 6.45) is -2.33. The van der Waals surface area contributed by atoms with Gasteiger partial charge in [-0.2, -0.15) is 0 Å². The fraction of sp³-hybridized carbons (Fsp3) is 0. The quantitative estimate of drug-likeness (QED) is 0.262. The Morgan fingerprint density at radius 1 is 1.20 bits per heavy atom. The molecule has 0 aliphatic heterocycles. The summed E-state index contributed by atoms with van der Waals surface area (Å²) in [6, 6.07) is 0. The van der Waals surface area contributed by atoms with E-state index in [1.807, 2.05) is 0 Å². The first-order valence-electron chi connectivity index (χ1n) is 0.612. The summed E-state index contributed by atoms with van der Waals surface area (Å²) in [6.45, 7) is 0. The molecule has 0 unspecified atom stereocenters. The van der Waals surface area contributed by atoms with Crippen molar-refractivity contribution in [2.24, 2.45) is 0 Å². The van der Waals surface area contributed by atoms with Gasteiger partial charge in [0.25, 0.3) is 0 Å². The number of hydrogen-bond acceptors (Lipinski definition) is 4. The summed E-state index contributed by atoms with van der Waals surface area (Å²) in [5.74, 6) is 0. The topological polar surface area (TPSA) is 93.2 Å². The third kappa shape index (κ3) is 76.5. The van der Waals surface area contributed by atoms with Gasteiger partial charge in [0.15, 0.2) is 0 Å². The summed E-state index contributed by atoms with van der Waals surface area (Å²) in [5, 5.41) is 16.7. The Hall–Kier alpha value is 4.87. The molecular formula is CHCuGdNdO4SmY+11. The standard InChI is InChI=1S/CH2O3.Cu.Gd.Nd.H2O.Sm.Y/c2-1(3)4;;;;;;/h(H2,2,3,4);;;;1H2;;/q;+2;2*+3;;2*+3/p-3. The molecule has 0 aromatic heterocycles. The summed E-state index contributed by atoms with van der Waals surface area (Å²) < 4.78 is 0. The Morgan fingerprint density at radius 3 is 1.20 bits per heavy atom. The maximum Gasteiger partial charge on any atom is 3.00 e. The first kappa shape index (κ1) is 46.2. The molecule has 0 bridgehead atoms. The van der Waals surface area contributed by atoms with Gasteiger partial charge in [0.2, 0.25) is 0 Å². The van der Waals surface area contributed by atoms with Gasteiger partial charge in [-0.05, 0) is 6.16 Å². The molecule has 0 amide bonds. The van der Waals surface area contributed by atoms with Crippen LogP contribution < -0.4 is 10.2 Å². The molecule has 4 radical (unpaired) electrons. The van der Waals surface area contributed by atoms with E-state index in [1.54, 1.807) is 0 Å². The van der Waals surface area contributed by atoms with Crippen LogP contribution in [0, 0.1) is 121 Å². The Kier molecular flexibility index (Phi) is 171. The molecule has 0 heterocycles. The molecule has 1 N–H and O–H groups in total. The van der Waals surface area contributed by atoms with Crippen molar-refractivity contribution < 1.29 is 191 Å². The smallest absolute Gasteiger partial charge is 0.870 e. The van der Waals surface area contributed by atoms with E-state index in [1.165, 1.54) is 0 Å². The second-order valence-corrected chi connectivity index (χ2v) is 0.250. The van der Waals surface area contributed by atoms with Crippen molar-refractivity contribution in [1.29, 1.82) is 0 Å². The molecule has 9 heteroatoms. The van der Waals surface area contributed by atoms with E-state index in [-0.39, 0.29) is 176 Å². The van der Waals surface area contributed by atoms with Crippen LogP contribution in [0.25, 0.3) is 0 Å². The molecule has 0 rings (SSSR count). The number of hydrogen-bond donors (Lipinski definition) is 0. The molecular weight excluding hydrogens is 680 g/mol. The molecule has 0 saturated heterocycles. The van der Waals surface area contributed by atoms with Gasteiger partial charge in [-0.1, -0.05) is 0 Å². The van der Waals surface area contributed by atoms with Crippen molar-refractivity contribution >= 4 is 6.16 Å². The van der Waals surface area contributed by atoms with Crippen molar-refractivity contribution in [2.75, 3.05) is 0 Å². The molecule has 0 fully saturated rings. The molecule has 0 aromatic rings. The molecule has 0 aliphatic rings. The zero-order chi connectivity index (χ0) is 3.58. The minimum Gasteiger partial charge on any atom is -0.870 e. The van der Waals surface area contributed by atoms with E-state index in [0.717, 1.165) is 0 Å². The molecule has 0 atom stereocenters. The minimum absolute atomic E-state index is 0. The number of rotatable bonds is 0. The van der Waals surface area contributed by atoms with Crippen LogP contribution in [0.5, 0.6) is 0 Å². The van der Waals surface area contributed by atoms with Gasteiger partial charge in [-0.15, -0.1) is 0 Å². The van der Waals surface area contributed by atoms with Crippen LogP contribution in [0.1, 0.15) is 0 Å². The predicted octanol–water partition coefficient (Wildman–Crippen LogP) is -2.63. The Morgan fingerprint density at radius 2 is 1.20 bits per heavy atom. The fourth-order valence-corrected chi connectivity index (χ4v) is 0. The minimum atomic E-state index is -2.33. The first-order chi connectivity index (χ1) is 1.73. The second-order valence-electron chi connectivity index (χ2n) is 0.250. The molecule has 0 saturated carbocycles. The van der Waals surface area contributed by atoms with Gasteiger partial charge in [-0.3, -0.25) is 0 Å². The Bertz CT molecular complexity index is 48.2. The van der Waals surface area contributed by atoms with Crippen molar-refractivity contribution in [2.45, 2.75) is 0 Å². The summed E-state index contributed by atoms with van der Waals surface area (Å²) in [7, 11) is 0. The third-order valence-electron chi connectivity index (χ3n) is 0. The molecule has 0 aliphatic carbocycles. The normalized spacial score (nSPS) is 2.40. The molecule has 10 heavy (non-hydrogen) atoms. The number of carboxylic acid groups (broad SMARTS) is 2. The van der Waals surface area contributed by atoms with Gasteiger partial charge in [0.05, 0.1) is 0 Å². The SMILES string of the molecule is O=C([O-])[O-].[Cu+2].[Gd+3].[Nd+3].[OH-].[Sm+3].[Y+3]. The van der Waals surface area contributed by atoms with Gasteiger partial charge < -0.3 is 20.5 Å². The number of carbonyl (C=O) groups is 1. The second kappa shape index (κ2) is 37.1. The van der Waals surface area contributed by atoms with Crippen LogP contribution in [0.3, 0.4) is 0 Å². The average Bonchev–Trinajstić information content (AvgIpc) is 0.811. The van der Waals surface area contributed by atoms with E-state index in [9.17, 15) is 0 Å². The average molecular weight is 681 g/mol. The van der Waals surface area contributed by atoms with Crippen LogP contribution in [0.15, 0.2) is 0 Å². The Balaban J connectivity index is -0.00000000300. The van der Waals surface area contributed by atoms with E-state index in [4.69, 9.17) is 15.0 Å². The van der Waals surface area contributed by atoms with E-state index >= 15 is 0 Å². The zero-order valence-electron chi connectivity index (χ0n) is 4.31. The van der Waals surface area contributed by atoms with E-state index < -0.39 is 6.16 Å². The number of carbonyl (C=O) groups excluding carboxylic acids is 1. The zero-order valence-corrected chi connectivity index (χ0v) is 16.2. The fourth-order valence-electron chi connectivity index (χ4n) is 0. The first-order valence-corrected chi connectivity index (χ1v) is 0.612. The maximum absolute atomic E-state index is 8.33. The molecule has 50 valence electrons. The van der Waals surface area contributed by atoms with Gasteiger partial charge in [-0.25, -0.2) is 0 Å². The van der Waals surface area contributed by atoms with Crippen molar-refractivity contribution in [3.63, 3.8) is 0 Å². The van der Waals surface area contributed by atoms with Crippen LogP contribution in [0.2, 0.25) is 0 Å². The monoisotopic (exact) mass is 681 g/mol. The van der Waals surface area contributed by atoms with E-state index in [0.29, 0.717) is 0 Å². The van der Waals surface area contributed by atoms with Crippen molar-refractivity contribution in [3.8, 4) is 0 Å². The van der Waals surface area contributed by atoms with Crippen molar-refractivity contribution in [1.82, 2.24) is 0 Å². The van der Waals surface area contributed by atoms with Gasteiger partial charge in [0.1, 0.15) is 0 Å². The van der Waals surface area contributed by atoms with Crippen LogP contribution in [-0.2, 0) is 49.8 Å². The maximum atomic E-state index is 8.33. The summed E-state index contributed by atoms with van der Waals surface area (Å²) in [5.41, 5.74) is 0. The third-order valence-corrected chi connectivity index (χ3v) is 0. The van der Waals surface area contributed by atoms with Crippen LogP contribution in [-0.4, -0.2) is 11.6 Å².